The maximum absolute atomic E-state index is 13.5. The molecule has 0 spiro atoms. The minimum atomic E-state index is -0.306. The average molecular weight is 279 g/mol. The summed E-state index contributed by atoms with van der Waals surface area (Å²) < 4.78 is 13.5. The molecule has 1 saturated heterocycles. The number of carbonyl (C=O) groups is 1. The van der Waals surface area contributed by atoms with Crippen LogP contribution in [0, 0.1) is 5.82 Å². The number of carbonyl (C=O) groups excluding carboxylic acids is 1. The van der Waals surface area contributed by atoms with Gasteiger partial charge in [-0.25, -0.2) is 4.39 Å². The van der Waals surface area contributed by atoms with Gasteiger partial charge in [0.1, 0.15) is 11.9 Å². The maximum atomic E-state index is 13.5. The molecule has 1 aliphatic heterocycles. The van der Waals surface area contributed by atoms with E-state index in [-0.39, 0.29) is 17.8 Å². The highest BCUT2D eigenvalue weighted by molar-refractivity contribution is 5.84. The molecule has 110 valence electrons. The normalized spacial score (nSPS) is 18.5. The van der Waals surface area contributed by atoms with Crippen LogP contribution in [0.4, 0.5) is 10.1 Å². The minimum absolute atomic E-state index is 0.253. The zero-order valence-corrected chi connectivity index (χ0v) is 11.9. The predicted octanol–water partition coefficient (Wildman–Crippen LogP) is 1.78. The molecular formula is C15H22FN3O. The van der Waals surface area contributed by atoms with Crippen molar-refractivity contribution in [1.29, 1.82) is 0 Å². The van der Waals surface area contributed by atoms with Gasteiger partial charge in [0.15, 0.2) is 0 Å². The summed E-state index contributed by atoms with van der Waals surface area (Å²) in [6.45, 7) is 4.36. The molecule has 0 bridgehead atoms. The van der Waals surface area contributed by atoms with Crippen molar-refractivity contribution in [3.8, 4) is 0 Å². The largest absolute Gasteiger partial charge is 0.368 e. The number of nitrogens with one attached hydrogen (secondary N) is 1. The van der Waals surface area contributed by atoms with Crippen LogP contribution < -0.4 is 16.0 Å². The van der Waals surface area contributed by atoms with Gasteiger partial charge in [0.05, 0.1) is 0 Å². The number of rotatable bonds is 6. The fraction of sp³-hybridized carbons (Fsp3) is 0.533. The Bertz CT molecular complexity index is 478. The Balaban J connectivity index is 2.23. The summed E-state index contributed by atoms with van der Waals surface area (Å²) in [6.07, 6.45) is 2.74. The molecule has 1 aromatic rings. The molecule has 1 aromatic carbocycles. The molecule has 1 amide bonds. The van der Waals surface area contributed by atoms with Gasteiger partial charge in [-0.3, -0.25) is 4.79 Å². The summed E-state index contributed by atoms with van der Waals surface area (Å²) in [5, 5.41) is 3.28. The van der Waals surface area contributed by atoms with Gasteiger partial charge in [0, 0.05) is 18.8 Å². The Labute approximate surface area is 119 Å². The van der Waals surface area contributed by atoms with E-state index in [4.69, 9.17) is 5.73 Å². The Morgan fingerprint density at radius 2 is 2.35 bits per heavy atom. The van der Waals surface area contributed by atoms with Crippen molar-refractivity contribution in [3.05, 3.63) is 29.6 Å². The highest BCUT2D eigenvalue weighted by Crippen LogP contribution is 2.29. The lowest BCUT2D eigenvalue weighted by molar-refractivity contribution is -0.119. The molecule has 1 fully saturated rings. The van der Waals surface area contributed by atoms with Crippen LogP contribution in [0.1, 0.15) is 31.7 Å². The van der Waals surface area contributed by atoms with Crippen LogP contribution in [0.2, 0.25) is 0 Å². The van der Waals surface area contributed by atoms with Gasteiger partial charge < -0.3 is 16.0 Å². The van der Waals surface area contributed by atoms with Crippen molar-refractivity contribution < 1.29 is 9.18 Å². The van der Waals surface area contributed by atoms with Crippen molar-refractivity contribution in [1.82, 2.24) is 5.32 Å². The number of primary amides is 1. The molecule has 4 nitrogen and oxygen atoms in total. The highest BCUT2D eigenvalue weighted by Gasteiger charge is 2.30. The molecule has 20 heavy (non-hydrogen) atoms. The fourth-order valence-electron chi connectivity index (χ4n) is 2.73. The van der Waals surface area contributed by atoms with Crippen molar-refractivity contribution >= 4 is 11.6 Å². The Morgan fingerprint density at radius 1 is 1.55 bits per heavy atom. The van der Waals surface area contributed by atoms with Gasteiger partial charge in [0.25, 0.3) is 0 Å². The first-order chi connectivity index (χ1) is 9.63. The van der Waals surface area contributed by atoms with E-state index in [2.05, 4.69) is 12.2 Å². The van der Waals surface area contributed by atoms with Crippen LogP contribution >= 0.6 is 0 Å². The van der Waals surface area contributed by atoms with E-state index in [0.29, 0.717) is 6.54 Å². The fourth-order valence-corrected chi connectivity index (χ4v) is 2.73. The van der Waals surface area contributed by atoms with Gasteiger partial charge in [0.2, 0.25) is 5.91 Å². The number of nitrogens with two attached hydrogens (primary N) is 1. The first-order valence-corrected chi connectivity index (χ1v) is 7.18. The molecular weight excluding hydrogens is 257 g/mol. The van der Waals surface area contributed by atoms with Gasteiger partial charge in [-0.05, 0) is 49.6 Å². The molecule has 1 heterocycles. The van der Waals surface area contributed by atoms with E-state index in [1.54, 1.807) is 6.07 Å². The smallest absolute Gasteiger partial charge is 0.240 e. The van der Waals surface area contributed by atoms with Crippen LogP contribution in [0.3, 0.4) is 0 Å². The number of hydrogen-bond donors (Lipinski definition) is 2. The summed E-state index contributed by atoms with van der Waals surface area (Å²) in [6, 6.07) is 4.45. The number of nitrogens with zero attached hydrogens (tertiary/aromatic N) is 1. The van der Waals surface area contributed by atoms with Gasteiger partial charge >= 0.3 is 0 Å². The summed E-state index contributed by atoms with van der Waals surface area (Å²) in [7, 11) is 0. The molecule has 0 aliphatic carbocycles. The van der Waals surface area contributed by atoms with Crippen molar-refractivity contribution in [2.75, 3.05) is 18.0 Å². The number of hydrogen-bond acceptors (Lipinski definition) is 3. The average Bonchev–Trinajstić information content (AvgIpc) is 2.88. The lowest BCUT2D eigenvalue weighted by Crippen LogP contribution is -2.41. The second-order valence-electron chi connectivity index (χ2n) is 5.20. The van der Waals surface area contributed by atoms with Gasteiger partial charge in [-0.1, -0.05) is 6.92 Å². The van der Waals surface area contributed by atoms with Crippen molar-refractivity contribution in [2.45, 2.75) is 38.8 Å². The van der Waals surface area contributed by atoms with E-state index < -0.39 is 0 Å². The SMILES string of the molecule is CCCNCc1cc(F)ccc1N1CCCC1C(N)=O. The number of halogens is 1. The molecule has 1 unspecified atom stereocenters. The molecule has 3 N–H and O–H groups in total. The monoisotopic (exact) mass is 279 g/mol. The lowest BCUT2D eigenvalue weighted by Gasteiger charge is -2.27. The molecule has 0 aromatic heterocycles. The van der Waals surface area contributed by atoms with Crippen LogP contribution in [0.15, 0.2) is 18.2 Å². The molecule has 0 saturated carbocycles. The maximum Gasteiger partial charge on any atom is 0.240 e. The Hall–Kier alpha value is -1.62. The standard InChI is InChI=1S/C15H22FN3O/c1-2-7-18-10-11-9-12(16)5-6-13(11)19-8-3-4-14(19)15(17)20/h5-6,9,14,18H,2-4,7-8,10H2,1H3,(H2,17,20). The van der Waals surface area contributed by atoms with Crippen LogP contribution in [-0.4, -0.2) is 25.0 Å². The third kappa shape index (κ3) is 3.28. The third-order valence-electron chi connectivity index (χ3n) is 3.67. The molecule has 0 radical (unpaired) electrons. The summed E-state index contributed by atoms with van der Waals surface area (Å²) >= 11 is 0. The summed E-state index contributed by atoms with van der Waals surface area (Å²) in [4.78, 5) is 13.5. The topological polar surface area (TPSA) is 58.4 Å². The van der Waals surface area contributed by atoms with E-state index >= 15 is 0 Å². The quantitative estimate of drug-likeness (QED) is 0.780. The number of anilines is 1. The van der Waals surface area contributed by atoms with Crippen LogP contribution in [0.5, 0.6) is 0 Å². The van der Waals surface area contributed by atoms with Gasteiger partial charge in [-0.2, -0.15) is 0 Å². The number of amides is 1. The van der Waals surface area contributed by atoms with E-state index in [1.807, 2.05) is 4.90 Å². The third-order valence-corrected chi connectivity index (χ3v) is 3.67. The second kappa shape index (κ2) is 6.70. The molecule has 2 rings (SSSR count). The summed E-state index contributed by atoms with van der Waals surface area (Å²) in [5.41, 5.74) is 7.25. The van der Waals surface area contributed by atoms with Crippen molar-refractivity contribution in [2.24, 2.45) is 5.73 Å². The van der Waals surface area contributed by atoms with E-state index in [0.717, 1.165) is 43.6 Å². The highest BCUT2D eigenvalue weighted by atomic mass is 19.1. The Morgan fingerprint density at radius 3 is 3.05 bits per heavy atom. The molecule has 1 atom stereocenters. The number of benzene rings is 1. The first-order valence-electron chi connectivity index (χ1n) is 7.18. The zero-order valence-electron chi connectivity index (χ0n) is 11.9. The predicted molar refractivity (Wildman–Crippen MR) is 78.0 cm³/mol. The minimum Gasteiger partial charge on any atom is -0.368 e. The zero-order chi connectivity index (χ0) is 14.5. The van der Waals surface area contributed by atoms with E-state index in [1.165, 1.54) is 12.1 Å². The van der Waals surface area contributed by atoms with E-state index in [9.17, 15) is 9.18 Å². The van der Waals surface area contributed by atoms with Gasteiger partial charge in [-0.15, -0.1) is 0 Å². The second-order valence-corrected chi connectivity index (χ2v) is 5.20. The lowest BCUT2D eigenvalue weighted by atomic mass is 10.1. The Kier molecular flexibility index (Phi) is 4.95. The van der Waals surface area contributed by atoms with Crippen LogP contribution in [0.25, 0.3) is 0 Å². The van der Waals surface area contributed by atoms with Crippen molar-refractivity contribution in [3.63, 3.8) is 0 Å². The molecule has 5 heteroatoms. The molecule has 1 aliphatic rings. The summed E-state index contributed by atoms with van der Waals surface area (Å²) in [5.74, 6) is -0.559. The first kappa shape index (κ1) is 14.8. The van der Waals surface area contributed by atoms with Crippen LogP contribution in [-0.2, 0) is 11.3 Å².